The van der Waals surface area contributed by atoms with Gasteiger partial charge >= 0.3 is 0 Å². The number of aliphatic hydroxyl groups excluding tert-OH is 1. The van der Waals surface area contributed by atoms with E-state index in [1.165, 1.54) is 24.3 Å². The second kappa shape index (κ2) is 4.77. The van der Waals surface area contributed by atoms with Gasteiger partial charge in [0, 0.05) is 6.07 Å². The van der Waals surface area contributed by atoms with Gasteiger partial charge in [-0.1, -0.05) is 23.8 Å². The molecule has 0 fully saturated rings. The normalized spacial score (nSPS) is 10.8. The Bertz CT molecular complexity index is 418. The molecule has 0 unspecified atom stereocenters. The van der Waals surface area contributed by atoms with Gasteiger partial charge in [0.1, 0.15) is 5.69 Å². The van der Waals surface area contributed by atoms with Gasteiger partial charge < -0.3 is 10.8 Å². The van der Waals surface area contributed by atoms with Crippen molar-refractivity contribution in [3.8, 4) is 0 Å². The number of nitro groups is 1. The number of aliphatic hydroxyl groups is 1. The van der Waals surface area contributed by atoms with Gasteiger partial charge in [-0.2, -0.15) is 0 Å². The number of nitro benzene ring substituents is 1. The molecule has 6 heteroatoms. The standard InChI is InChI=1S/C9H9ClN2O3/c10-7-5-8(11)9(12(14)15)4-6(7)2-1-3-13/h1-2,4-5,13H,3,11H2. The fourth-order valence-corrected chi connectivity index (χ4v) is 1.29. The van der Waals surface area contributed by atoms with Crippen LogP contribution in [0.15, 0.2) is 18.2 Å². The van der Waals surface area contributed by atoms with Crippen molar-refractivity contribution in [3.63, 3.8) is 0 Å². The van der Waals surface area contributed by atoms with E-state index in [2.05, 4.69) is 0 Å². The zero-order chi connectivity index (χ0) is 11.4. The van der Waals surface area contributed by atoms with Crippen LogP contribution in [0, 0.1) is 10.1 Å². The number of nitrogen functional groups attached to an aromatic ring is 1. The summed E-state index contributed by atoms with van der Waals surface area (Å²) in [5.41, 5.74) is 5.69. The van der Waals surface area contributed by atoms with E-state index in [9.17, 15) is 10.1 Å². The van der Waals surface area contributed by atoms with Crippen molar-refractivity contribution in [2.75, 3.05) is 12.3 Å². The van der Waals surface area contributed by atoms with E-state index in [0.29, 0.717) is 10.6 Å². The number of nitrogens with two attached hydrogens (primary N) is 1. The van der Waals surface area contributed by atoms with Gasteiger partial charge in [0.15, 0.2) is 0 Å². The lowest BCUT2D eigenvalue weighted by Gasteiger charge is -2.01. The van der Waals surface area contributed by atoms with Gasteiger partial charge in [-0.3, -0.25) is 10.1 Å². The largest absolute Gasteiger partial charge is 0.393 e. The molecular formula is C9H9ClN2O3. The molecule has 0 aliphatic carbocycles. The number of rotatable bonds is 3. The highest BCUT2D eigenvalue weighted by molar-refractivity contribution is 6.32. The van der Waals surface area contributed by atoms with Crippen molar-refractivity contribution in [2.24, 2.45) is 0 Å². The second-order valence-corrected chi connectivity index (χ2v) is 3.18. The molecule has 15 heavy (non-hydrogen) atoms. The van der Waals surface area contributed by atoms with Gasteiger partial charge in [0.25, 0.3) is 5.69 Å². The molecule has 3 N–H and O–H groups in total. The molecule has 0 heterocycles. The predicted octanol–water partition coefficient (Wildman–Crippen LogP) is 1.84. The van der Waals surface area contributed by atoms with Crippen molar-refractivity contribution in [3.05, 3.63) is 38.9 Å². The van der Waals surface area contributed by atoms with E-state index in [4.69, 9.17) is 22.4 Å². The summed E-state index contributed by atoms with van der Waals surface area (Å²) in [6.45, 7) is -0.158. The molecule has 80 valence electrons. The lowest BCUT2D eigenvalue weighted by Crippen LogP contribution is -1.96. The maximum Gasteiger partial charge on any atom is 0.292 e. The predicted molar refractivity (Wildman–Crippen MR) is 58.6 cm³/mol. The molecule has 0 saturated carbocycles. The number of hydrogen-bond donors (Lipinski definition) is 2. The van der Waals surface area contributed by atoms with E-state index in [-0.39, 0.29) is 18.0 Å². The fourth-order valence-electron chi connectivity index (χ4n) is 1.06. The summed E-state index contributed by atoms with van der Waals surface area (Å²) in [5.74, 6) is 0. The van der Waals surface area contributed by atoms with E-state index >= 15 is 0 Å². The fraction of sp³-hybridized carbons (Fsp3) is 0.111. The minimum atomic E-state index is -0.581. The first kappa shape index (κ1) is 11.5. The van der Waals surface area contributed by atoms with E-state index in [1.807, 2.05) is 0 Å². The highest BCUT2D eigenvalue weighted by Crippen LogP contribution is 2.29. The molecule has 0 amide bonds. The van der Waals surface area contributed by atoms with Gasteiger partial charge in [-0.15, -0.1) is 0 Å². The van der Waals surface area contributed by atoms with Crippen molar-refractivity contribution in [1.82, 2.24) is 0 Å². The molecular weight excluding hydrogens is 220 g/mol. The van der Waals surface area contributed by atoms with Crippen molar-refractivity contribution in [1.29, 1.82) is 0 Å². The summed E-state index contributed by atoms with van der Waals surface area (Å²) in [7, 11) is 0. The van der Waals surface area contributed by atoms with Crippen LogP contribution in [0.1, 0.15) is 5.56 Å². The van der Waals surface area contributed by atoms with Crippen molar-refractivity contribution < 1.29 is 10.0 Å². The van der Waals surface area contributed by atoms with Gasteiger partial charge in [-0.25, -0.2) is 0 Å². The van der Waals surface area contributed by atoms with Gasteiger partial charge in [0.2, 0.25) is 0 Å². The Morgan fingerprint density at radius 3 is 2.80 bits per heavy atom. The molecule has 1 aromatic rings. The van der Waals surface area contributed by atoms with E-state index in [1.54, 1.807) is 0 Å². The molecule has 0 aliphatic rings. The number of halogens is 1. The summed E-state index contributed by atoms with van der Waals surface area (Å²) in [4.78, 5) is 9.99. The highest BCUT2D eigenvalue weighted by atomic mass is 35.5. The average Bonchev–Trinajstić information content (AvgIpc) is 2.16. The van der Waals surface area contributed by atoms with Crippen molar-refractivity contribution >= 4 is 29.1 Å². The van der Waals surface area contributed by atoms with Crippen LogP contribution in [0.2, 0.25) is 5.02 Å². The molecule has 0 saturated heterocycles. The first-order chi connectivity index (χ1) is 7.06. The third-order valence-corrected chi connectivity index (χ3v) is 2.07. The minimum Gasteiger partial charge on any atom is -0.393 e. The van der Waals surface area contributed by atoms with Crippen LogP contribution in [-0.4, -0.2) is 16.6 Å². The smallest absolute Gasteiger partial charge is 0.292 e. The Morgan fingerprint density at radius 1 is 1.60 bits per heavy atom. The molecule has 0 aliphatic heterocycles. The average molecular weight is 229 g/mol. The molecule has 1 rings (SSSR count). The van der Waals surface area contributed by atoms with Crippen molar-refractivity contribution in [2.45, 2.75) is 0 Å². The maximum atomic E-state index is 10.6. The first-order valence-corrected chi connectivity index (χ1v) is 4.45. The molecule has 0 bridgehead atoms. The van der Waals surface area contributed by atoms with Crippen LogP contribution in [0.4, 0.5) is 11.4 Å². The first-order valence-electron chi connectivity index (χ1n) is 4.07. The molecule has 5 nitrogen and oxygen atoms in total. The maximum absolute atomic E-state index is 10.6. The second-order valence-electron chi connectivity index (χ2n) is 2.77. The molecule has 0 radical (unpaired) electrons. The molecule has 0 aromatic heterocycles. The monoisotopic (exact) mass is 228 g/mol. The summed E-state index contributed by atoms with van der Waals surface area (Å²) in [6.07, 6.45) is 2.93. The third-order valence-electron chi connectivity index (χ3n) is 1.75. The highest BCUT2D eigenvalue weighted by Gasteiger charge is 2.13. The van der Waals surface area contributed by atoms with E-state index < -0.39 is 4.92 Å². The minimum absolute atomic E-state index is 0.0196. The summed E-state index contributed by atoms with van der Waals surface area (Å²) in [6, 6.07) is 2.58. The molecule has 1 aromatic carbocycles. The van der Waals surface area contributed by atoms with Crippen LogP contribution in [-0.2, 0) is 0 Å². The van der Waals surface area contributed by atoms with Crippen LogP contribution in [0.25, 0.3) is 6.08 Å². The Labute approximate surface area is 90.9 Å². The summed E-state index contributed by atoms with van der Waals surface area (Å²) < 4.78 is 0. The Morgan fingerprint density at radius 2 is 2.27 bits per heavy atom. The SMILES string of the molecule is Nc1cc(Cl)c(C=CCO)cc1[N+](=O)[O-]. The zero-order valence-corrected chi connectivity index (χ0v) is 8.44. The van der Waals surface area contributed by atoms with E-state index in [0.717, 1.165) is 0 Å². The lowest BCUT2D eigenvalue weighted by atomic mass is 10.1. The number of anilines is 1. The topological polar surface area (TPSA) is 89.4 Å². The van der Waals surface area contributed by atoms with Crippen LogP contribution >= 0.6 is 11.6 Å². The molecule has 0 atom stereocenters. The van der Waals surface area contributed by atoms with Gasteiger partial charge in [-0.05, 0) is 11.6 Å². The number of hydrogen-bond acceptors (Lipinski definition) is 4. The Hall–Kier alpha value is -1.59. The number of nitrogens with zero attached hydrogens (tertiary/aromatic N) is 1. The van der Waals surface area contributed by atoms with Crippen LogP contribution < -0.4 is 5.73 Å². The van der Waals surface area contributed by atoms with Crippen LogP contribution in [0.3, 0.4) is 0 Å². The number of benzene rings is 1. The van der Waals surface area contributed by atoms with Crippen LogP contribution in [0.5, 0.6) is 0 Å². The molecule has 0 spiro atoms. The Balaban J connectivity index is 3.23. The quantitative estimate of drug-likeness (QED) is 0.469. The summed E-state index contributed by atoms with van der Waals surface area (Å²) in [5, 5.41) is 19.4. The van der Waals surface area contributed by atoms with Gasteiger partial charge in [0.05, 0.1) is 16.6 Å². The lowest BCUT2D eigenvalue weighted by molar-refractivity contribution is -0.383. The summed E-state index contributed by atoms with van der Waals surface area (Å²) >= 11 is 5.81. The Kier molecular flexibility index (Phi) is 3.65. The zero-order valence-electron chi connectivity index (χ0n) is 7.68. The third kappa shape index (κ3) is 2.68.